The van der Waals surface area contributed by atoms with E-state index in [1.54, 1.807) is 6.92 Å². The lowest BCUT2D eigenvalue weighted by molar-refractivity contribution is -0.139. The van der Waals surface area contributed by atoms with E-state index in [-0.39, 0.29) is 11.8 Å². The molecule has 0 aromatic heterocycles. The third-order valence-electron chi connectivity index (χ3n) is 4.08. The lowest BCUT2D eigenvalue weighted by Gasteiger charge is -2.24. The van der Waals surface area contributed by atoms with E-state index < -0.39 is 0 Å². The molecular formula is C17H23NO3. The molecule has 1 heterocycles. The van der Waals surface area contributed by atoms with Crippen molar-refractivity contribution >= 4 is 11.8 Å². The van der Waals surface area contributed by atoms with E-state index in [0.717, 1.165) is 37.1 Å². The largest absolute Gasteiger partial charge is 0.469 e. The molecule has 21 heavy (non-hydrogen) atoms. The summed E-state index contributed by atoms with van der Waals surface area (Å²) >= 11 is 0. The summed E-state index contributed by atoms with van der Waals surface area (Å²) in [5.74, 6) is 0.0268. The minimum Gasteiger partial charge on any atom is -0.469 e. The number of Topliss-reactive ketones (excluding diaryl/α,β-unsaturated/α-hetero) is 1. The molecule has 1 unspecified atom stereocenters. The second-order valence-corrected chi connectivity index (χ2v) is 5.69. The third-order valence-corrected chi connectivity index (χ3v) is 4.08. The van der Waals surface area contributed by atoms with E-state index in [9.17, 15) is 9.59 Å². The molecular weight excluding hydrogens is 266 g/mol. The van der Waals surface area contributed by atoms with Gasteiger partial charge in [0.25, 0.3) is 0 Å². The zero-order valence-electron chi connectivity index (χ0n) is 12.8. The Labute approximate surface area is 126 Å². The molecule has 2 rings (SSSR count). The van der Waals surface area contributed by atoms with E-state index in [1.165, 1.54) is 7.11 Å². The molecule has 0 spiro atoms. The summed E-state index contributed by atoms with van der Waals surface area (Å²) in [6.45, 7) is 3.47. The van der Waals surface area contributed by atoms with Crippen molar-refractivity contribution in [3.8, 4) is 0 Å². The minimum absolute atomic E-state index is 0.218. The average Bonchev–Trinajstić information content (AvgIpc) is 2.87. The quantitative estimate of drug-likeness (QED) is 0.754. The predicted molar refractivity (Wildman–Crippen MR) is 80.9 cm³/mol. The van der Waals surface area contributed by atoms with Crippen LogP contribution < -0.4 is 0 Å². The third kappa shape index (κ3) is 4.39. The van der Waals surface area contributed by atoms with E-state index in [4.69, 9.17) is 4.74 Å². The van der Waals surface area contributed by atoms with Crippen LogP contribution in [0.15, 0.2) is 24.3 Å². The molecule has 1 aliphatic heterocycles. The number of esters is 1. The summed E-state index contributed by atoms with van der Waals surface area (Å²) in [5, 5.41) is 0. The van der Waals surface area contributed by atoms with E-state index in [2.05, 4.69) is 11.0 Å². The number of benzene rings is 1. The van der Waals surface area contributed by atoms with Gasteiger partial charge in [0.1, 0.15) is 5.78 Å². The lowest BCUT2D eigenvalue weighted by atomic mass is 10.0. The predicted octanol–water partition coefficient (Wildman–Crippen LogP) is 2.35. The summed E-state index contributed by atoms with van der Waals surface area (Å²) in [6, 6.07) is 8.31. The average molecular weight is 289 g/mol. The molecule has 0 radical (unpaired) electrons. The normalized spacial score (nSPS) is 18.7. The van der Waals surface area contributed by atoms with Gasteiger partial charge in [0.05, 0.1) is 13.5 Å². The fourth-order valence-corrected chi connectivity index (χ4v) is 3.00. The van der Waals surface area contributed by atoms with Gasteiger partial charge < -0.3 is 4.74 Å². The van der Waals surface area contributed by atoms with Gasteiger partial charge in [-0.25, -0.2) is 0 Å². The molecule has 1 saturated heterocycles. The first kappa shape index (κ1) is 15.7. The van der Waals surface area contributed by atoms with E-state index in [0.29, 0.717) is 18.9 Å². The van der Waals surface area contributed by atoms with Crippen molar-refractivity contribution in [3.05, 3.63) is 35.4 Å². The van der Waals surface area contributed by atoms with Crippen LogP contribution in [0.2, 0.25) is 0 Å². The monoisotopic (exact) mass is 289 g/mol. The summed E-state index contributed by atoms with van der Waals surface area (Å²) in [6.07, 6.45) is 3.15. The van der Waals surface area contributed by atoms with Crippen molar-refractivity contribution in [2.75, 3.05) is 13.7 Å². The summed E-state index contributed by atoms with van der Waals surface area (Å²) in [5.41, 5.74) is 2.16. The van der Waals surface area contributed by atoms with Crippen LogP contribution in [-0.2, 0) is 27.3 Å². The van der Waals surface area contributed by atoms with Gasteiger partial charge >= 0.3 is 5.97 Å². The molecule has 114 valence electrons. The van der Waals surface area contributed by atoms with Gasteiger partial charge in [0.15, 0.2) is 0 Å². The maximum atomic E-state index is 11.5. The van der Waals surface area contributed by atoms with Crippen molar-refractivity contribution < 1.29 is 14.3 Å². The summed E-state index contributed by atoms with van der Waals surface area (Å²) in [7, 11) is 1.41. The Morgan fingerprint density at radius 2 is 2.00 bits per heavy atom. The second kappa shape index (κ2) is 7.36. The Morgan fingerprint density at radius 1 is 1.29 bits per heavy atom. The molecule has 1 aliphatic rings. The SMILES string of the molecule is COC(=O)Cc1ccccc1CN1CCCC1CC(C)=O. The highest BCUT2D eigenvalue weighted by Crippen LogP contribution is 2.24. The van der Waals surface area contributed by atoms with Gasteiger partial charge in [-0.05, 0) is 37.4 Å². The molecule has 4 heteroatoms. The van der Waals surface area contributed by atoms with Crippen LogP contribution in [0.5, 0.6) is 0 Å². The highest BCUT2D eigenvalue weighted by atomic mass is 16.5. The maximum absolute atomic E-state index is 11.5. The number of carbonyl (C=O) groups is 2. The fraction of sp³-hybridized carbons (Fsp3) is 0.529. The van der Waals surface area contributed by atoms with Gasteiger partial charge in [-0.2, -0.15) is 0 Å². The molecule has 4 nitrogen and oxygen atoms in total. The molecule has 1 aromatic rings. The fourth-order valence-electron chi connectivity index (χ4n) is 3.00. The molecule has 0 aliphatic carbocycles. The number of methoxy groups -OCH3 is 1. The highest BCUT2D eigenvalue weighted by molar-refractivity contribution is 5.76. The summed E-state index contributed by atoms with van der Waals surface area (Å²) in [4.78, 5) is 25.2. The molecule has 0 bridgehead atoms. The molecule has 0 amide bonds. The Bertz CT molecular complexity index is 513. The number of nitrogens with zero attached hydrogens (tertiary/aromatic N) is 1. The number of hydrogen-bond acceptors (Lipinski definition) is 4. The second-order valence-electron chi connectivity index (χ2n) is 5.69. The van der Waals surface area contributed by atoms with Gasteiger partial charge in [-0.3, -0.25) is 14.5 Å². The first-order chi connectivity index (χ1) is 10.1. The van der Waals surface area contributed by atoms with Crippen LogP contribution in [0.1, 0.15) is 37.3 Å². The van der Waals surface area contributed by atoms with Gasteiger partial charge in [-0.15, -0.1) is 0 Å². The molecule has 0 N–H and O–H groups in total. The summed E-state index contributed by atoms with van der Waals surface area (Å²) < 4.78 is 4.76. The van der Waals surface area contributed by atoms with Crippen LogP contribution >= 0.6 is 0 Å². The first-order valence-electron chi connectivity index (χ1n) is 7.47. The van der Waals surface area contributed by atoms with Crippen LogP contribution in [0, 0.1) is 0 Å². The van der Waals surface area contributed by atoms with Gasteiger partial charge in [0.2, 0.25) is 0 Å². The zero-order chi connectivity index (χ0) is 15.2. The van der Waals surface area contributed by atoms with Crippen LogP contribution in [0.25, 0.3) is 0 Å². The minimum atomic E-state index is -0.218. The lowest BCUT2D eigenvalue weighted by Crippen LogP contribution is -2.30. The first-order valence-corrected chi connectivity index (χ1v) is 7.47. The van der Waals surface area contributed by atoms with Gasteiger partial charge in [0, 0.05) is 19.0 Å². The number of likely N-dealkylation sites (tertiary alicyclic amines) is 1. The number of ether oxygens (including phenoxy) is 1. The number of rotatable bonds is 6. The highest BCUT2D eigenvalue weighted by Gasteiger charge is 2.26. The van der Waals surface area contributed by atoms with Crippen LogP contribution in [-0.4, -0.2) is 36.3 Å². The molecule has 1 atom stereocenters. The zero-order valence-corrected chi connectivity index (χ0v) is 12.8. The topological polar surface area (TPSA) is 46.6 Å². The Kier molecular flexibility index (Phi) is 5.51. The van der Waals surface area contributed by atoms with Crippen molar-refractivity contribution in [1.82, 2.24) is 4.90 Å². The molecule has 0 saturated carbocycles. The van der Waals surface area contributed by atoms with E-state index in [1.807, 2.05) is 18.2 Å². The standard InChI is InChI=1S/C17H23NO3/c1-13(19)10-16-8-5-9-18(16)12-15-7-4-3-6-14(15)11-17(20)21-2/h3-4,6-7,16H,5,8-12H2,1-2H3. The Balaban J connectivity index is 2.08. The van der Waals surface area contributed by atoms with Gasteiger partial charge in [-0.1, -0.05) is 24.3 Å². The number of hydrogen-bond donors (Lipinski definition) is 0. The Hall–Kier alpha value is -1.68. The van der Waals surface area contributed by atoms with Crippen molar-refractivity contribution in [2.45, 2.75) is 45.2 Å². The van der Waals surface area contributed by atoms with Crippen molar-refractivity contribution in [1.29, 1.82) is 0 Å². The van der Waals surface area contributed by atoms with Crippen molar-refractivity contribution in [3.63, 3.8) is 0 Å². The smallest absolute Gasteiger partial charge is 0.309 e. The van der Waals surface area contributed by atoms with Crippen LogP contribution in [0.3, 0.4) is 0 Å². The Morgan fingerprint density at radius 3 is 2.67 bits per heavy atom. The number of carbonyl (C=O) groups excluding carboxylic acids is 2. The molecule has 1 fully saturated rings. The van der Waals surface area contributed by atoms with Crippen molar-refractivity contribution in [2.24, 2.45) is 0 Å². The number of ketones is 1. The van der Waals surface area contributed by atoms with E-state index >= 15 is 0 Å². The molecule has 1 aromatic carbocycles. The van der Waals surface area contributed by atoms with Crippen LogP contribution in [0.4, 0.5) is 0 Å². The maximum Gasteiger partial charge on any atom is 0.309 e.